The first kappa shape index (κ1) is 27.0. The molecule has 1 amide bonds. The van der Waals surface area contributed by atoms with Crippen molar-refractivity contribution in [2.75, 3.05) is 0 Å². The molecular weight excluding hydrogens is 486 g/mol. The van der Waals surface area contributed by atoms with Crippen molar-refractivity contribution in [1.82, 2.24) is 15.0 Å². The van der Waals surface area contributed by atoms with Crippen molar-refractivity contribution in [3.8, 4) is 11.1 Å². The van der Waals surface area contributed by atoms with Crippen LogP contribution in [-0.4, -0.2) is 36.1 Å². The molecule has 196 valence electrons. The van der Waals surface area contributed by atoms with E-state index in [1.807, 2.05) is 49.4 Å². The van der Waals surface area contributed by atoms with Gasteiger partial charge in [-0.2, -0.15) is 0 Å². The quantitative estimate of drug-likeness (QED) is 0.404. The van der Waals surface area contributed by atoms with Crippen LogP contribution >= 0.6 is 0 Å². The van der Waals surface area contributed by atoms with Gasteiger partial charge in [-0.15, -0.1) is 0 Å². The predicted molar refractivity (Wildman–Crippen MR) is 144 cm³/mol. The van der Waals surface area contributed by atoms with Crippen molar-refractivity contribution in [1.29, 1.82) is 0 Å². The van der Waals surface area contributed by atoms with Gasteiger partial charge in [0.1, 0.15) is 0 Å². The SMILES string of the molecule is Cc1cc(-c2ccc(S(=O)(=O)N[C@H]3CC[C@H](C(=O)N[C@@H](c4ccccc4)C(C)(C)O)CC3)cc2)ccn1. The van der Waals surface area contributed by atoms with Crippen molar-refractivity contribution in [3.63, 3.8) is 0 Å². The van der Waals surface area contributed by atoms with Gasteiger partial charge in [0.05, 0.1) is 16.5 Å². The Hall–Kier alpha value is -3.07. The molecule has 0 radical (unpaired) electrons. The molecule has 1 saturated carbocycles. The van der Waals surface area contributed by atoms with E-state index in [1.165, 1.54) is 0 Å². The minimum absolute atomic E-state index is 0.112. The Bertz CT molecular complexity index is 1310. The number of sulfonamides is 1. The Morgan fingerprint density at radius 2 is 1.62 bits per heavy atom. The summed E-state index contributed by atoms with van der Waals surface area (Å²) in [4.78, 5) is 17.5. The first-order valence-electron chi connectivity index (χ1n) is 12.7. The first-order valence-corrected chi connectivity index (χ1v) is 14.1. The van der Waals surface area contributed by atoms with Crippen LogP contribution in [0.5, 0.6) is 0 Å². The molecule has 3 N–H and O–H groups in total. The highest BCUT2D eigenvalue weighted by Gasteiger charge is 2.34. The summed E-state index contributed by atoms with van der Waals surface area (Å²) in [6, 6.07) is 19.4. The van der Waals surface area contributed by atoms with Gasteiger partial charge in [0, 0.05) is 23.9 Å². The molecule has 3 aromatic rings. The van der Waals surface area contributed by atoms with E-state index in [4.69, 9.17) is 0 Å². The molecule has 7 nitrogen and oxygen atoms in total. The van der Waals surface area contributed by atoms with Crippen molar-refractivity contribution < 1.29 is 18.3 Å². The molecule has 8 heteroatoms. The van der Waals surface area contributed by atoms with Crippen LogP contribution in [0.3, 0.4) is 0 Å². The summed E-state index contributed by atoms with van der Waals surface area (Å²) < 4.78 is 28.8. The molecular formula is C29H35N3O4S. The first-order chi connectivity index (χ1) is 17.5. The number of hydrogen-bond donors (Lipinski definition) is 3. The molecule has 1 heterocycles. The summed E-state index contributed by atoms with van der Waals surface area (Å²) in [7, 11) is -3.68. The number of amides is 1. The third kappa shape index (κ3) is 6.83. The molecule has 4 rings (SSSR count). The van der Waals surface area contributed by atoms with Gasteiger partial charge in [-0.25, -0.2) is 13.1 Å². The van der Waals surface area contributed by atoms with Crippen LogP contribution in [0.25, 0.3) is 11.1 Å². The topological polar surface area (TPSA) is 108 Å². The summed E-state index contributed by atoms with van der Waals surface area (Å²) in [5.41, 5.74) is 2.52. The van der Waals surface area contributed by atoms with Gasteiger partial charge in [-0.1, -0.05) is 42.5 Å². The van der Waals surface area contributed by atoms with E-state index in [9.17, 15) is 18.3 Å². The Morgan fingerprint density at radius 3 is 2.22 bits per heavy atom. The molecule has 0 unspecified atom stereocenters. The number of pyridine rings is 1. The molecule has 0 spiro atoms. The Labute approximate surface area is 219 Å². The van der Waals surface area contributed by atoms with Gasteiger partial charge >= 0.3 is 0 Å². The number of aromatic nitrogens is 1. The third-order valence-electron chi connectivity index (χ3n) is 6.94. The van der Waals surface area contributed by atoms with Crippen LogP contribution in [0.2, 0.25) is 0 Å². The molecule has 37 heavy (non-hydrogen) atoms. The highest BCUT2D eigenvalue weighted by molar-refractivity contribution is 7.89. The van der Waals surface area contributed by atoms with Gasteiger partial charge in [0.15, 0.2) is 0 Å². The smallest absolute Gasteiger partial charge is 0.240 e. The molecule has 1 aliphatic rings. The lowest BCUT2D eigenvalue weighted by Gasteiger charge is -2.34. The van der Waals surface area contributed by atoms with Crippen molar-refractivity contribution in [2.45, 2.75) is 69.0 Å². The van der Waals surface area contributed by atoms with Gasteiger partial charge in [-0.3, -0.25) is 9.78 Å². The highest BCUT2D eigenvalue weighted by atomic mass is 32.2. The van der Waals surface area contributed by atoms with Crippen molar-refractivity contribution in [2.24, 2.45) is 5.92 Å². The molecule has 1 aliphatic carbocycles. The maximum Gasteiger partial charge on any atom is 0.240 e. The minimum Gasteiger partial charge on any atom is -0.388 e. The second kappa shape index (κ2) is 11.1. The lowest BCUT2D eigenvalue weighted by Crippen LogP contribution is -2.46. The van der Waals surface area contributed by atoms with Crippen LogP contribution in [-0.2, 0) is 14.8 Å². The van der Waals surface area contributed by atoms with E-state index >= 15 is 0 Å². The second-order valence-corrected chi connectivity index (χ2v) is 12.1. The number of nitrogens with zero attached hydrogens (tertiary/aromatic N) is 1. The summed E-state index contributed by atoms with van der Waals surface area (Å²) in [5.74, 6) is -0.336. The largest absolute Gasteiger partial charge is 0.388 e. The Balaban J connectivity index is 1.34. The fourth-order valence-electron chi connectivity index (χ4n) is 4.89. The normalized spacial score (nSPS) is 19.2. The number of rotatable bonds is 8. The number of hydrogen-bond acceptors (Lipinski definition) is 5. The zero-order valence-electron chi connectivity index (χ0n) is 21.5. The molecule has 1 fully saturated rings. The Kier molecular flexibility index (Phi) is 8.11. The van der Waals surface area contributed by atoms with E-state index in [1.54, 1.807) is 44.3 Å². The highest BCUT2D eigenvalue weighted by Crippen LogP contribution is 2.30. The zero-order valence-corrected chi connectivity index (χ0v) is 22.3. The van der Waals surface area contributed by atoms with Gasteiger partial charge in [-0.05, 0) is 87.4 Å². The van der Waals surface area contributed by atoms with Crippen LogP contribution in [0.4, 0.5) is 0 Å². The van der Waals surface area contributed by atoms with E-state index in [0.717, 1.165) is 22.4 Å². The van der Waals surface area contributed by atoms with Crippen LogP contribution in [0.15, 0.2) is 77.8 Å². The molecule has 1 aromatic heterocycles. The van der Waals surface area contributed by atoms with Crippen LogP contribution in [0, 0.1) is 12.8 Å². The summed E-state index contributed by atoms with van der Waals surface area (Å²) in [5, 5.41) is 13.7. The number of aryl methyl sites for hydroxylation is 1. The predicted octanol–water partition coefficient (Wildman–Crippen LogP) is 4.52. The number of benzene rings is 2. The van der Waals surface area contributed by atoms with Crippen molar-refractivity contribution in [3.05, 3.63) is 84.2 Å². The summed E-state index contributed by atoms with van der Waals surface area (Å²) >= 11 is 0. The lowest BCUT2D eigenvalue weighted by atomic mass is 9.84. The van der Waals surface area contributed by atoms with Crippen LogP contribution < -0.4 is 10.0 Å². The van der Waals surface area contributed by atoms with Gasteiger partial charge in [0.25, 0.3) is 0 Å². The van der Waals surface area contributed by atoms with E-state index in [-0.39, 0.29) is 22.8 Å². The van der Waals surface area contributed by atoms with Gasteiger partial charge < -0.3 is 10.4 Å². The second-order valence-electron chi connectivity index (χ2n) is 10.4. The average Bonchev–Trinajstić information content (AvgIpc) is 2.87. The fraction of sp³-hybridized carbons (Fsp3) is 0.379. The van der Waals surface area contributed by atoms with E-state index < -0.39 is 21.7 Å². The average molecular weight is 522 g/mol. The molecule has 0 aliphatic heterocycles. The summed E-state index contributed by atoms with van der Waals surface area (Å²) in [6.45, 7) is 5.28. The minimum atomic E-state index is -3.68. The van der Waals surface area contributed by atoms with E-state index in [0.29, 0.717) is 25.7 Å². The maximum atomic E-state index is 13.0. The number of nitrogens with one attached hydrogen (secondary N) is 2. The maximum absolute atomic E-state index is 13.0. The molecule has 2 aromatic carbocycles. The number of aliphatic hydroxyl groups is 1. The van der Waals surface area contributed by atoms with Crippen LogP contribution in [0.1, 0.15) is 56.8 Å². The summed E-state index contributed by atoms with van der Waals surface area (Å²) in [6.07, 6.45) is 4.04. The monoisotopic (exact) mass is 521 g/mol. The lowest BCUT2D eigenvalue weighted by molar-refractivity contribution is -0.128. The third-order valence-corrected chi connectivity index (χ3v) is 8.48. The molecule has 0 bridgehead atoms. The molecule has 1 atom stereocenters. The van der Waals surface area contributed by atoms with E-state index in [2.05, 4.69) is 15.0 Å². The number of carbonyl (C=O) groups is 1. The standard InChI is InChI=1S/C29H35N3O4S/c1-20-19-24(17-18-30-20)21-11-15-26(16-12-21)37(35,36)32-25-13-9-23(10-14-25)28(33)31-27(29(2,3)34)22-7-5-4-6-8-22/h4-8,11-12,15-19,23,25,27,32,34H,9-10,13-14H2,1-3H3,(H,31,33)/t23-,25-,27-/m0/s1. The number of carbonyl (C=O) groups excluding carboxylic acids is 1. The zero-order chi connectivity index (χ0) is 26.6. The Morgan fingerprint density at radius 1 is 0.973 bits per heavy atom. The fourth-order valence-corrected chi connectivity index (χ4v) is 6.19. The molecule has 0 saturated heterocycles. The van der Waals surface area contributed by atoms with Crippen molar-refractivity contribution >= 4 is 15.9 Å². The van der Waals surface area contributed by atoms with Gasteiger partial charge in [0.2, 0.25) is 15.9 Å².